The van der Waals surface area contributed by atoms with Gasteiger partial charge in [0.2, 0.25) is 0 Å². The lowest BCUT2D eigenvalue weighted by molar-refractivity contribution is -0.212. The van der Waals surface area contributed by atoms with Gasteiger partial charge in [0.1, 0.15) is 12.2 Å². The first-order valence-electron chi connectivity index (χ1n) is 7.28. The van der Waals surface area contributed by atoms with Crippen LogP contribution in [0.3, 0.4) is 0 Å². The number of epoxide rings is 1. The Kier molecular flexibility index (Phi) is 3.98. The predicted molar refractivity (Wildman–Crippen MR) is 81.0 cm³/mol. The Morgan fingerprint density at radius 2 is 1.95 bits per heavy atom. The number of ether oxygens (including phenoxy) is 2. The molecule has 2 fully saturated rings. The number of rotatable bonds is 4. The Hall–Kier alpha value is -0.203. The van der Waals surface area contributed by atoms with E-state index in [1.807, 2.05) is 6.92 Å². The van der Waals surface area contributed by atoms with E-state index in [0.29, 0.717) is 6.61 Å². The third kappa shape index (κ3) is 2.62. The maximum atomic E-state index is 10.3. The summed E-state index contributed by atoms with van der Waals surface area (Å²) in [4.78, 5) is 0. The van der Waals surface area contributed by atoms with Crippen molar-refractivity contribution in [3.63, 3.8) is 0 Å². The summed E-state index contributed by atoms with van der Waals surface area (Å²) in [6.45, 7) is 17.2. The normalized spacial score (nSPS) is 41.1. The molecule has 2 saturated heterocycles. The molecule has 0 aromatic rings. The van der Waals surface area contributed by atoms with E-state index in [-0.39, 0.29) is 23.4 Å². The van der Waals surface area contributed by atoms with Crippen LogP contribution in [0.4, 0.5) is 0 Å². The summed E-state index contributed by atoms with van der Waals surface area (Å²) >= 11 is 0. The van der Waals surface area contributed by atoms with Crippen molar-refractivity contribution in [2.45, 2.75) is 70.4 Å². The minimum atomic E-state index is -1.84. The zero-order valence-electron chi connectivity index (χ0n) is 13.5. The van der Waals surface area contributed by atoms with E-state index in [1.165, 1.54) is 0 Å². The van der Waals surface area contributed by atoms with Crippen LogP contribution in [0.25, 0.3) is 0 Å². The van der Waals surface area contributed by atoms with Crippen molar-refractivity contribution < 1.29 is 19.0 Å². The smallest absolute Gasteiger partial charge is 0.192 e. The van der Waals surface area contributed by atoms with Crippen LogP contribution in [0.15, 0.2) is 12.7 Å². The molecule has 5 heteroatoms. The van der Waals surface area contributed by atoms with Crippen molar-refractivity contribution in [3.8, 4) is 0 Å². The fourth-order valence-corrected chi connectivity index (χ4v) is 3.43. The fourth-order valence-electron chi connectivity index (χ4n) is 2.32. The minimum absolute atomic E-state index is 0.000909. The third-order valence-electron chi connectivity index (χ3n) is 5.13. The van der Waals surface area contributed by atoms with Gasteiger partial charge in [0, 0.05) is 6.61 Å². The minimum Gasteiger partial charge on any atom is -0.416 e. The topological polar surface area (TPSA) is 51.2 Å². The lowest BCUT2D eigenvalue weighted by atomic mass is 9.82. The summed E-state index contributed by atoms with van der Waals surface area (Å²) in [6.07, 6.45) is 0.625. The van der Waals surface area contributed by atoms with E-state index in [2.05, 4.69) is 40.4 Å². The molecule has 2 heterocycles. The van der Waals surface area contributed by atoms with Crippen LogP contribution in [-0.4, -0.2) is 44.6 Å². The zero-order chi connectivity index (χ0) is 15.3. The highest BCUT2D eigenvalue weighted by Gasteiger charge is 2.63. The summed E-state index contributed by atoms with van der Waals surface area (Å²) in [6, 6.07) is 0. The molecule has 2 aliphatic rings. The average molecular weight is 300 g/mol. The number of aliphatic hydroxyl groups is 1. The van der Waals surface area contributed by atoms with Crippen LogP contribution in [0.1, 0.15) is 27.7 Å². The molecule has 0 amide bonds. The second kappa shape index (κ2) is 4.92. The Labute approximate surface area is 123 Å². The molecule has 0 saturated carbocycles. The van der Waals surface area contributed by atoms with Gasteiger partial charge in [-0.3, -0.25) is 0 Å². The second-order valence-electron chi connectivity index (χ2n) is 7.76. The highest BCUT2D eigenvalue weighted by Crippen LogP contribution is 2.50. The van der Waals surface area contributed by atoms with E-state index in [0.717, 1.165) is 0 Å². The van der Waals surface area contributed by atoms with E-state index < -0.39 is 20.0 Å². The standard InChI is InChI=1S/C15H28O4Si/c1-8-10-11-12(19-11)15(5,13(16)18-10)9-17-20(6,7)14(2,3)4/h8,10-13,16H,1,9H2,2-7H3/t10-,11-,12-,13?,15-/m0/s1. The van der Waals surface area contributed by atoms with E-state index in [9.17, 15) is 5.11 Å². The highest BCUT2D eigenvalue weighted by molar-refractivity contribution is 6.74. The Bertz CT molecular complexity index is 386. The monoisotopic (exact) mass is 300 g/mol. The summed E-state index contributed by atoms with van der Waals surface area (Å²) in [7, 11) is -1.84. The molecule has 116 valence electrons. The molecule has 2 aliphatic heterocycles. The van der Waals surface area contributed by atoms with Gasteiger partial charge in [0.15, 0.2) is 14.6 Å². The third-order valence-corrected chi connectivity index (χ3v) is 9.61. The highest BCUT2D eigenvalue weighted by atomic mass is 28.4. The van der Waals surface area contributed by atoms with Crippen LogP contribution in [0.2, 0.25) is 18.1 Å². The van der Waals surface area contributed by atoms with Crippen LogP contribution >= 0.6 is 0 Å². The molecule has 0 aliphatic carbocycles. The molecular weight excluding hydrogens is 272 g/mol. The Balaban J connectivity index is 2.04. The maximum Gasteiger partial charge on any atom is 0.192 e. The quantitative estimate of drug-likeness (QED) is 0.493. The van der Waals surface area contributed by atoms with Gasteiger partial charge < -0.3 is 19.0 Å². The van der Waals surface area contributed by atoms with Crippen molar-refractivity contribution in [1.82, 2.24) is 0 Å². The summed E-state index contributed by atoms with van der Waals surface area (Å²) in [5.74, 6) is 0. The second-order valence-corrected chi connectivity index (χ2v) is 12.6. The van der Waals surface area contributed by atoms with Gasteiger partial charge in [-0.1, -0.05) is 26.8 Å². The van der Waals surface area contributed by atoms with Crippen LogP contribution in [-0.2, 0) is 13.9 Å². The van der Waals surface area contributed by atoms with Gasteiger partial charge >= 0.3 is 0 Å². The molecule has 0 radical (unpaired) electrons. The number of aliphatic hydroxyl groups excluding tert-OH is 1. The van der Waals surface area contributed by atoms with E-state index in [4.69, 9.17) is 13.9 Å². The van der Waals surface area contributed by atoms with Crippen molar-refractivity contribution >= 4 is 8.32 Å². The molecule has 0 aromatic carbocycles. The van der Waals surface area contributed by atoms with Gasteiger partial charge in [-0.2, -0.15) is 0 Å². The Morgan fingerprint density at radius 1 is 1.35 bits per heavy atom. The van der Waals surface area contributed by atoms with Gasteiger partial charge in [-0.25, -0.2) is 0 Å². The molecule has 0 spiro atoms. The molecule has 5 atom stereocenters. The van der Waals surface area contributed by atoms with Crippen LogP contribution in [0.5, 0.6) is 0 Å². The van der Waals surface area contributed by atoms with E-state index >= 15 is 0 Å². The SMILES string of the molecule is C=C[C@@H]1OC(O)[C@@](C)(CO[Si](C)(C)C(C)(C)C)[C@H]2O[C@@H]12. The van der Waals surface area contributed by atoms with Gasteiger partial charge in [0.25, 0.3) is 0 Å². The molecule has 20 heavy (non-hydrogen) atoms. The largest absolute Gasteiger partial charge is 0.416 e. The average Bonchev–Trinajstić information content (AvgIpc) is 3.11. The van der Waals surface area contributed by atoms with Crippen molar-refractivity contribution in [1.29, 1.82) is 0 Å². The molecule has 1 unspecified atom stereocenters. The predicted octanol–water partition coefficient (Wildman–Crippen LogP) is 2.69. The van der Waals surface area contributed by atoms with Crippen molar-refractivity contribution in [2.24, 2.45) is 5.41 Å². The summed E-state index contributed by atoms with van der Waals surface area (Å²) < 4.78 is 17.6. The number of hydrogen-bond donors (Lipinski definition) is 1. The van der Waals surface area contributed by atoms with Crippen LogP contribution < -0.4 is 0 Å². The molecular formula is C15H28O4Si. The fraction of sp³-hybridized carbons (Fsp3) is 0.867. The zero-order valence-corrected chi connectivity index (χ0v) is 14.5. The molecule has 4 nitrogen and oxygen atoms in total. The summed E-state index contributed by atoms with van der Waals surface area (Å²) in [5, 5.41) is 10.5. The lowest BCUT2D eigenvalue weighted by Gasteiger charge is -2.42. The van der Waals surface area contributed by atoms with Crippen LogP contribution in [0, 0.1) is 5.41 Å². The lowest BCUT2D eigenvalue weighted by Crippen LogP contribution is -2.53. The van der Waals surface area contributed by atoms with E-state index in [1.54, 1.807) is 6.08 Å². The van der Waals surface area contributed by atoms with Gasteiger partial charge in [0.05, 0.1) is 11.5 Å². The molecule has 1 N–H and O–H groups in total. The first kappa shape index (κ1) is 16.2. The number of fused-ring (bicyclic) bond motifs is 1. The van der Waals surface area contributed by atoms with Gasteiger partial charge in [-0.05, 0) is 25.1 Å². The van der Waals surface area contributed by atoms with Crippen molar-refractivity contribution in [2.75, 3.05) is 6.61 Å². The maximum absolute atomic E-state index is 10.3. The first-order valence-corrected chi connectivity index (χ1v) is 10.2. The molecule has 0 bridgehead atoms. The Morgan fingerprint density at radius 3 is 2.45 bits per heavy atom. The van der Waals surface area contributed by atoms with Gasteiger partial charge in [-0.15, -0.1) is 6.58 Å². The van der Waals surface area contributed by atoms with Crippen molar-refractivity contribution in [3.05, 3.63) is 12.7 Å². The first-order chi connectivity index (χ1) is 9.03. The molecule has 0 aromatic heterocycles. The summed E-state index contributed by atoms with van der Waals surface area (Å²) in [5.41, 5.74) is -0.500. The number of hydrogen-bond acceptors (Lipinski definition) is 4. The molecule has 2 rings (SSSR count).